The Labute approximate surface area is 161 Å². The highest BCUT2D eigenvalue weighted by molar-refractivity contribution is 5.77. The second kappa shape index (κ2) is 7.76. The molecule has 4 heterocycles. The van der Waals surface area contributed by atoms with Gasteiger partial charge in [-0.05, 0) is 37.8 Å². The Kier molecular flexibility index (Phi) is 5.37. The molecule has 3 saturated heterocycles. The van der Waals surface area contributed by atoms with Crippen LogP contribution >= 0.6 is 0 Å². The van der Waals surface area contributed by atoms with Crippen LogP contribution in [0.1, 0.15) is 38.2 Å². The number of ether oxygens (including phenoxy) is 2. The number of carbonyl (C=O) groups is 1. The molecule has 1 amide bonds. The van der Waals surface area contributed by atoms with Crippen molar-refractivity contribution in [2.45, 2.75) is 51.2 Å². The SMILES string of the molecule is CCCCOCC(=O)NC[C@H]1[C@H]2CN(c3ncccc3C)C[C@]23CC[C@H]1O3. The number of aryl methyl sites for hydroxylation is 1. The van der Waals surface area contributed by atoms with Gasteiger partial charge in [0.15, 0.2) is 0 Å². The van der Waals surface area contributed by atoms with E-state index in [0.717, 1.165) is 44.6 Å². The van der Waals surface area contributed by atoms with Gasteiger partial charge in [-0.2, -0.15) is 0 Å². The number of anilines is 1. The van der Waals surface area contributed by atoms with Crippen molar-refractivity contribution in [3.8, 4) is 0 Å². The van der Waals surface area contributed by atoms with Crippen molar-refractivity contribution in [1.82, 2.24) is 10.3 Å². The molecule has 3 aliphatic heterocycles. The lowest BCUT2D eigenvalue weighted by atomic mass is 9.73. The van der Waals surface area contributed by atoms with Crippen molar-refractivity contribution >= 4 is 11.7 Å². The first-order valence-electron chi connectivity index (χ1n) is 10.3. The summed E-state index contributed by atoms with van der Waals surface area (Å²) in [6.45, 7) is 7.60. The van der Waals surface area contributed by atoms with Gasteiger partial charge in [-0.1, -0.05) is 19.4 Å². The summed E-state index contributed by atoms with van der Waals surface area (Å²) >= 11 is 0. The number of pyridine rings is 1. The molecular weight excluding hydrogens is 342 g/mol. The van der Waals surface area contributed by atoms with Crippen molar-refractivity contribution in [1.29, 1.82) is 0 Å². The number of amides is 1. The van der Waals surface area contributed by atoms with Crippen molar-refractivity contribution in [2.24, 2.45) is 11.8 Å². The lowest BCUT2D eigenvalue weighted by Gasteiger charge is -2.29. The van der Waals surface area contributed by atoms with Crippen molar-refractivity contribution in [2.75, 3.05) is 37.7 Å². The molecule has 1 aromatic rings. The number of rotatable bonds is 8. The largest absolute Gasteiger partial charge is 0.372 e. The van der Waals surface area contributed by atoms with Gasteiger partial charge in [0, 0.05) is 44.3 Å². The van der Waals surface area contributed by atoms with Crippen LogP contribution in [0, 0.1) is 18.8 Å². The van der Waals surface area contributed by atoms with E-state index in [9.17, 15) is 4.79 Å². The van der Waals surface area contributed by atoms with Gasteiger partial charge >= 0.3 is 0 Å². The average Bonchev–Trinajstić information content (AvgIpc) is 3.32. The van der Waals surface area contributed by atoms with Gasteiger partial charge in [-0.3, -0.25) is 4.79 Å². The summed E-state index contributed by atoms with van der Waals surface area (Å²) < 4.78 is 11.9. The van der Waals surface area contributed by atoms with Crippen LogP contribution in [0.5, 0.6) is 0 Å². The van der Waals surface area contributed by atoms with Gasteiger partial charge in [0.1, 0.15) is 12.4 Å². The zero-order chi connectivity index (χ0) is 18.9. The van der Waals surface area contributed by atoms with E-state index in [4.69, 9.17) is 9.47 Å². The highest BCUT2D eigenvalue weighted by Gasteiger charge is 2.63. The number of nitrogens with zero attached hydrogens (tertiary/aromatic N) is 2. The van der Waals surface area contributed by atoms with Crippen LogP contribution in [0.4, 0.5) is 5.82 Å². The van der Waals surface area contributed by atoms with Crippen LogP contribution in [0.15, 0.2) is 18.3 Å². The molecule has 1 spiro atoms. The molecule has 6 heteroatoms. The van der Waals surface area contributed by atoms with E-state index in [2.05, 4.69) is 35.1 Å². The van der Waals surface area contributed by atoms with Crippen LogP contribution in [0.3, 0.4) is 0 Å². The van der Waals surface area contributed by atoms with Gasteiger partial charge in [0.05, 0.1) is 11.7 Å². The third-order valence-electron chi connectivity index (χ3n) is 6.48. The fourth-order valence-corrected chi connectivity index (χ4v) is 5.13. The quantitative estimate of drug-likeness (QED) is 0.709. The molecule has 148 valence electrons. The molecular formula is C21H31N3O3. The Morgan fingerprint density at radius 2 is 2.41 bits per heavy atom. The van der Waals surface area contributed by atoms with Crippen molar-refractivity contribution < 1.29 is 14.3 Å². The molecule has 0 saturated carbocycles. The molecule has 27 heavy (non-hydrogen) atoms. The van der Waals surface area contributed by atoms with Crippen LogP contribution in [-0.4, -0.2) is 55.4 Å². The van der Waals surface area contributed by atoms with E-state index in [-0.39, 0.29) is 24.2 Å². The smallest absolute Gasteiger partial charge is 0.246 e. The second-order valence-corrected chi connectivity index (χ2v) is 8.26. The van der Waals surface area contributed by atoms with E-state index >= 15 is 0 Å². The average molecular weight is 373 g/mol. The fraction of sp³-hybridized carbons (Fsp3) is 0.714. The van der Waals surface area contributed by atoms with E-state index in [0.29, 0.717) is 25.0 Å². The molecule has 1 aromatic heterocycles. The summed E-state index contributed by atoms with van der Waals surface area (Å²) in [4.78, 5) is 19.1. The zero-order valence-corrected chi connectivity index (χ0v) is 16.4. The van der Waals surface area contributed by atoms with Gasteiger partial charge in [-0.25, -0.2) is 4.98 Å². The summed E-state index contributed by atoms with van der Waals surface area (Å²) in [6.07, 6.45) is 6.44. The molecule has 0 aromatic carbocycles. The number of carbonyl (C=O) groups excluding carboxylic acids is 1. The Bertz CT molecular complexity index is 682. The lowest BCUT2D eigenvalue weighted by Crippen LogP contribution is -2.42. The van der Waals surface area contributed by atoms with Gasteiger partial charge < -0.3 is 19.7 Å². The minimum Gasteiger partial charge on any atom is -0.372 e. The van der Waals surface area contributed by atoms with E-state index in [1.807, 2.05) is 12.3 Å². The summed E-state index contributed by atoms with van der Waals surface area (Å²) in [5.41, 5.74) is 1.15. The number of fused-ring (bicyclic) bond motifs is 1. The first-order chi connectivity index (χ1) is 13.1. The molecule has 3 fully saturated rings. The fourth-order valence-electron chi connectivity index (χ4n) is 5.13. The summed E-state index contributed by atoms with van der Waals surface area (Å²) in [5.74, 6) is 1.89. The van der Waals surface area contributed by atoms with Gasteiger partial charge in [0.2, 0.25) is 5.91 Å². The normalized spacial score (nSPS) is 31.3. The van der Waals surface area contributed by atoms with Crippen molar-refractivity contribution in [3.63, 3.8) is 0 Å². The number of hydrogen-bond donors (Lipinski definition) is 1. The third-order valence-corrected chi connectivity index (χ3v) is 6.48. The number of hydrogen-bond acceptors (Lipinski definition) is 5. The van der Waals surface area contributed by atoms with Crippen LogP contribution < -0.4 is 10.2 Å². The standard InChI is InChI=1S/C21H31N3O3/c1-3-4-10-26-13-19(25)23-11-16-17-12-24(20-15(2)6-5-9-22-20)14-21(17)8-7-18(16)27-21/h5-6,9,16-18H,3-4,7-8,10-14H2,1-2H3,(H,23,25)/t16-,17+,18+,21+/m0/s1. The molecule has 0 radical (unpaired) electrons. The second-order valence-electron chi connectivity index (χ2n) is 8.26. The third kappa shape index (κ3) is 3.57. The van der Waals surface area contributed by atoms with E-state index in [1.54, 1.807) is 0 Å². The maximum absolute atomic E-state index is 12.1. The summed E-state index contributed by atoms with van der Waals surface area (Å²) in [6, 6.07) is 4.10. The van der Waals surface area contributed by atoms with Gasteiger partial charge in [-0.15, -0.1) is 0 Å². The highest BCUT2D eigenvalue weighted by Crippen LogP contribution is 2.55. The molecule has 0 aliphatic carbocycles. The highest BCUT2D eigenvalue weighted by atomic mass is 16.5. The Balaban J connectivity index is 1.36. The van der Waals surface area contributed by atoms with Crippen LogP contribution in [0.2, 0.25) is 0 Å². The van der Waals surface area contributed by atoms with Crippen LogP contribution in [0.25, 0.3) is 0 Å². The zero-order valence-electron chi connectivity index (χ0n) is 16.4. The summed E-state index contributed by atoms with van der Waals surface area (Å²) in [7, 11) is 0. The number of aromatic nitrogens is 1. The van der Waals surface area contributed by atoms with Crippen LogP contribution in [-0.2, 0) is 14.3 Å². The first kappa shape index (κ1) is 18.7. The number of nitrogens with one attached hydrogen (secondary N) is 1. The Morgan fingerprint density at radius 1 is 1.52 bits per heavy atom. The summed E-state index contributed by atoms with van der Waals surface area (Å²) in [5, 5.41) is 3.08. The first-order valence-corrected chi connectivity index (χ1v) is 10.3. The molecule has 4 atom stereocenters. The lowest BCUT2D eigenvalue weighted by molar-refractivity contribution is -0.126. The molecule has 4 rings (SSSR count). The predicted octanol–water partition coefficient (Wildman–Crippen LogP) is 2.31. The molecule has 0 unspecified atom stereocenters. The molecule has 6 nitrogen and oxygen atoms in total. The Hall–Kier alpha value is -1.66. The predicted molar refractivity (Wildman–Crippen MR) is 104 cm³/mol. The minimum absolute atomic E-state index is 0.0154. The Morgan fingerprint density at radius 3 is 3.22 bits per heavy atom. The minimum atomic E-state index is -0.0539. The molecule has 1 N–H and O–H groups in total. The molecule has 3 aliphatic rings. The topological polar surface area (TPSA) is 63.7 Å². The van der Waals surface area contributed by atoms with Gasteiger partial charge in [0.25, 0.3) is 0 Å². The van der Waals surface area contributed by atoms with E-state index in [1.165, 1.54) is 5.56 Å². The monoisotopic (exact) mass is 373 g/mol. The van der Waals surface area contributed by atoms with E-state index < -0.39 is 0 Å². The number of unbranched alkanes of at least 4 members (excludes halogenated alkanes) is 1. The molecule has 2 bridgehead atoms. The van der Waals surface area contributed by atoms with Crippen molar-refractivity contribution in [3.05, 3.63) is 23.9 Å². The maximum atomic E-state index is 12.1. The maximum Gasteiger partial charge on any atom is 0.246 e.